The first-order valence-corrected chi connectivity index (χ1v) is 11.4. The van der Waals surface area contributed by atoms with Crippen LogP contribution in [0.15, 0.2) is 71.9 Å². The van der Waals surface area contributed by atoms with E-state index < -0.39 is 16.1 Å². The van der Waals surface area contributed by atoms with Crippen molar-refractivity contribution in [3.63, 3.8) is 0 Å². The van der Waals surface area contributed by atoms with Crippen LogP contribution < -0.4 is 24.8 Å². The smallest absolute Gasteiger partial charge is 0.319 e. The molecule has 0 atom stereocenters. The number of fused-ring (bicyclic) bond motifs is 1. The number of carbonyl (C=O) groups is 1. The molecule has 3 aromatic rings. The average molecular weight is 455 g/mol. The third kappa shape index (κ3) is 5.46. The van der Waals surface area contributed by atoms with Crippen LogP contribution in [-0.4, -0.2) is 32.6 Å². The van der Waals surface area contributed by atoms with Crippen LogP contribution in [0.1, 0.15) is 12.0 Å². The van der Waals surface area contributed by atoms with Crippen molar-refractivity contribution in [3.8, 4) is 11.5 Å². The van der Waals surface area contributed by atoms with Crippen LogP contribution in [0.2, 0.25) is 0 Å². The largest absolute Gasteiger partial charge is 0.490 e. The normalized spacial score (nSPS) is 13.0. The Bertz CT molecular complexity index is 1180. The number of sulfonamides is 1. The summed E-state index contributed by atoms with van der Waals surface area (Å²) in [7, 11) is -3.82. The van der Waals surface area contributed by atoms with Gasteiger partial charge in [-0.1, -0.05) is 6.07 Å². The lowest BCUT2D eigenvalue weighted by Crippen LogP contribution is -2.28. The second-order valence-corrected chi connectivity index (χ2v) is 8.69. The fourth-order valence-electron chi connectivity index (χ4n) is 3.02. The number of nitrogens with zero attached hydrogens (tertiary/aromatic N) is 1. The van der Waals surface area contributed by atoms with Crippen LogP contribution in [-0.2, 0) is 16.6 Å². The maximum atomic E-state index is 12.7. The second kappa shape index (κ2) is 9.56. The van der Waals surface area contributed by atoms with E-state index in [1.807, 2.05) is 6.07 Å². The molecule has 0 aliphatic carbocycles. The molecule has 10 heteroatoms. The molecule has 3 N–H and O–H groups in total. The number of rotatable bonds is 6. The molecule has 0 unspecified atom stereocenters. The molecule has 0 saturated carbocycles. The van der Waals surface area contributed by atoms with Crippen LogP contribution in [0.5, 0.6) is 11.5 Å². The molecule has 2 amide bonds. The monoisotopic (exact) mass is 454 g/mol. The van der Waals surface area contributed by atoms with Crippen LogP contribution in [0.25, 0.3) is 0 Å². The van der Waals surface area contributed by atoms with Gasteiger partial charge < -0.3 is 20.1 Å². The molecule has 0 fully saturated rings. The Morgan fingerprint density at radius 1 is 0.969 bits per heavy atom. The number of urea groups is 1. The predicted octanol–water partition coefficient (Wildman–Crippen LogP) is 3.37. The fourth-order valence-corrected chi connectivity index (χ4v) is 4.07. The Labute approximate surface area is 185 Å². The summed E-state index contributed by atoms with van der Waals surface area (Å²) in [6.07, 6.45) is 4.08. The number of aromatic nitrogens is 1. The van der Waals surface area contributed by atoms with Gasteiger partial charge in [-0.15, -0.1) is 0 Å². The number of carbonyl (C=O) groups excluding carboxylic acids is 1. The topological polar surface area (TPSA) is 119 Å². The van der Waals surface area contributed by atoms with Gasteiger partial charge in [0.25, 0.3) is 10.0 Å². The predicted molar refractivity (Wildman–Crippen MR) is 119 cm³/mol. The van der Waals surface area contributed by atoms with Gasteiger partial charge in [0.2, 0.25) is 0 Å². The zero-order chi connectivity index (χ0) is 22.4. The standard InChI is InChI=1S/C22H22N4O5S/c27-22(24-15-16-3-1-10-23-14-16)25-17-4-7-19(8-5-17)32(28,29)26-18-6-9-20-21(13-18)31-12-2-11-30-20/h1,3-10,13-14,26H,2,11-12,15H2,(H2,24,25,27). The van der Waals surface area contributed by atoms with E-state index in [-0.39, 0.29) is 4.90 Å². The third-order valence-electron chi connectivity index (χ3n) is 4.60. The summed E-state index contributed by atoms with van der Waals surface area (Å²) < 4.78 is 39.2. The Morgan fingerprint density at radius 3 is 2.47 bits per heavy atom. The Balaban J connectivity index is 1.37. The zero-order valence-electron chi connectivity index (χ0n) is 17.1. The average Bonchev–Trinajstić information content (AvgIpc) is 3.03. The van der Waals surface area contributed by atoms with Gasteiger partial charge in [-0.25, -0.2) is 13.2 Å². The van der Waals surface area contributed by atoms with E-state index in [2.05, 4.69) is 20.3 Å². The van der Waals surface area contributed by atoms with E-state index in [1.165, 1.54) is 24.3 Å². The molecule has 2 heterocycles. The molecular weight excluding hydrogens is 432 g/mol. The van der Waals surface area contributed by atoms with Gasteiger partial charge in [-0.3, -0.25) is 9.71 Å². The molecule has 9 nitrogen and oxygen atoms in total. The number of hydrogen-bond acceptors (Lipinski definition) is 6. The van der Waals surface area contributed by atoms with E-state index in [0.29, 0.717) is 42.6 Å². The summed E-state index contributed by atoms with van der Waals surface area (Å²) in [5.74, 6) is 1.09. The summed E-state index contributed by atoms with van der Waals surface area (Å²) in [5, 5.41) is 5.38. The lowest BCUT2D eigenvalue weighted by atomic mass is 10.3. The molecule has 0 saturated heterocycles. The molecule has 166 valence electrons. The highest BCUT2D eigenvalue weighted by Crippen LogP contribution is 2.33. The van der Waals surface area contributed by atoms with Gasteiger partial charge in [-0.05, 0) is 48.0 Å². The molecule has 1 aromatic heterocycles. The van der Waals surface area contributed by atoms with E-state index in [1.54, 1.807) is 36.7 Å². The van der Waals surface area contributed by atoms with Crippen molar-refractivity contribution < 1.29 is 22.7 Å². The van der Waals surface area contributed by atoms with Crippen LogP contribution >= 0.6 is 0 Å². The molecule has 4 rings (SSSR count). The number of hydrogen-bond donors (Lipinski definition) is 3. The van der Waals surface area contributed by atoms with Crippen molar-refractivity contribution in [1.82, 2.24) is 10.3 Å². The van der Waals surface area contributed by atoms with Gasteiger partial charge in [0, 0.05) is 37.1 Å². The molecule has 0 bridgehead atoms. The number of pyridine rings is 1. The minimum atomic E-state index is -3.82. The van der Waals surface area contributed by atoms with E-state index in [9.17, 15) is 13.2 Å². The minimum Gasteiger partial charge on any atom is -0.490 e. The third-order valence-corrected chi connectivity index (χ3v) is 6.00. The van der Waals surface area contributed by atoms with Gasteiger partial charge in [0.05, 0.1) is 23.8 Å². The van der Waals surface area contributed by atoms with Crippen LogP contribution in [0, 0.1) is 0 Å². The van der Waals surface area contributed by atoms with Gasteiger partial charge >= 0.3 is 6.03 Å². The Hall–Kier alpha value is -3.79. The number of benzene rings is 2. The quantitative estimate of drug-likeness (QED) is 0.526. The summed E-state index contributed by atoms with van der Waals surface area (Å²) in [6.45, 7) is 1.39. The molecule has 1 aliphatic heterocycles. The first-order valence-electron chi connectivity index (χ1n) is 9.96. The number of ether oxygens (including phenoxy) is 2. The fraction of sp³-hybridized carbons (Fsp3) is 0.182. The lowest BCUT2D eigenvalue weighted by Gasteiger charge is -2.12. The molecular formula is C22H22N4O5S. The van der Waals surface area contributed by atoms with E-state index in [0.717, 1.165) is 12.0 Å². The summed E-state index contributed by atoms with van der Waals surface area (Å²) in [4.78, 5) is 16.1. The van der Waals surface area contributed by atoms with Crippen molar-refractivity contribution >= 4 is 27.4 Å². The number of anilines is 2. The summed E-state index contributed by atoms with van der Waals surface area (Å²) >= 11 is 0. The van der Waals surface area contributed by atoms with Gasteiger partial charge in [-0.2, -0.15) is 0 Å². The minimum absolute atomic E-state index is 0.0610. The zero-order valence-corrected chi connectivity index (χ0v) is 17.9. The molecule has 1 aliphatic rings. The SMILES string of the molecule is O=C(NCc1cccnc1)Nc1ccc(S(=O)(=O)Nc2ccc3c(c2)OCCCO3)cc1. The van der Waals surface area contributed by atoms with Crippen molar-refractivity contribution in [3.05, 3.63) is 72.6 Å². The van der Waals surface area contributed by atoms with Crippen molar-refractivity contribution in [2.45, 2.75) is 17.9 Å². The number of amides is 2. The number of nitrogens with one attached hydrogen (secondary N) is 3. The first kappa shape index (κ1) is 21.4. The first-order chi connectivity index (χ1) is 15.5. The van der Waals surface area contributed by atoms with Gasteiger partial charge in [0.15, 0.2) is 11.5 Å². The van der Waals surface area contributed by atoms with E-state index in [4.69, 9.17) is 9.47 Å². The highest BCUT2D eigenvalue weighted by molar-refractivity contribution is 7.92. The second-order valence-electron chi connectivity index (χ2n) is 7.01. The van der Waals surface area contributed by atoms with Gasteiger partial charge in [0.1, 0.15) is 0 Å². The van der Waals surface area contributed by atoms with Crippen LogP contribution in [0.4, 0.5) is 16.2 Å². The summed E-state index contributed by atoms with van der Waals surface area (Å²) in [5.41, 5.74) is 1.69. The molecule has 2 aromatic carbocycles. The van der Waals surface area contributed by atoms with Crippen molar-refractivity contribution in [1.29, 1.82) is 0 Å². The summed E-state index contributed by atoms with van der Waals surface area (Å²) in [6, 6.07) is 14.0. The Morgan fingerprint density at radius 2 is 1.72 bits per heavy atom. The Kier molecular flexibility index (Phi) is 6.41. The maximum Gasteiger partial charge on any atom is 0.319 e. The molecule has 0 spiro atoms. The highest BCUT2D eigenvalue weighted by atomic mass is 32.2. The maximum absolute atomic E-state index is 12.7. The molecule has 0 radical (unpaired) electrons. The van der Waals surface area contributed by atoms with E-state index >= 15 is 0 Å². The van der Waals surface area contributed by atoms with Crippen molar-refractivity contribution in [2.24, 2.45) is 0 Å². The van der Waals surface area contributed by atoms with Crippen LogP contribution in [0.3, 0.4) is 0 Å². The molecule has 32 heavy (non-hydrogen) atoms. The van der Waals surface area contributed by atoms with Crippen molar-refractivity contribution in [2.75, 3.05) is 23.3 Å². The lowest BCUT2D eigenvalue weighted by molar-refractivity contribution is 0.251. The highest BCUT2D eigenvalue weighted by Gasteiger charge is 2.17.